The Balaban J connectivity index is 2.66. The maximum atomic E-state index is 12.0. The Bertz CT molecular complexity index is 518. The second-order valence-electron chi connectivity index (χ2n) is 5.49. The molecule has 6 heteroatoms. The molecule has 5 nitrogen and oxygen atoms in total. The highest BCUT2D eigenvalue weighted by atomic mass is 35.5. The number of nitrogens with zero attached hydrogens (tertiary/aromatic N) is 1. The van der Waals surface area contributed by atoms with Crippen LogP contribution in [0.2, 0.25) is 5.02 Å². The number of aryl methyl sites for hydroxylation is 1. The fourth-order valence-corrected chi connectivity index (χ4v) is 2.29. The zero-order chi connectivity index (χ0) is 16.0. The first-order valence-corrected chi connectivity index (χ1v) is 7.16. The Kier molecular flexibility index (Phi) is 6.65. The molecule has 0 aliphatic carbocycles. The van der Waals surface area contributed by atoms with Crippen LogP contribution in [0.3, 0.4) is 0 Å². The standard InChI is InChI=1S/C15H21ClN2O3/c1-10(2)7-18(9-15(20)21)8-14(19)17-13-5-4-11(3)6-12(13)16/h4-6,10H,7-9H2,1-3H3,(H,17,19)(H,20,21). The van der Waals surface area contributed by atoms with E-state index >= 15 is 0 Å². The number of amides is 1. The SMILES string of the molecule is Cc1ccc(NC(=O)CN(CC(=O)O)CC(C)C)c(Cl)c1. The van der Waals surface area contributed by atoms with Gasteiger partial charge in [0, 0.05) is 6.54 Å². The Morgan fingerprint density at radius 1 is 1.33 bits per heavy atom. The van der Waals surface area contributed by atoms with Gasteiger partial charge in [0.05, 0.1) is 23.8 Å². The van der Waals surface area contributed by atoms with Crippen molar-refractivity contribution in [2.24, 2.45) is 5.92 Å². The molecule has 0 saturated heterocycles. The van der Waals surface area contributed by atoms with Crippen LogP contribution in [0.1, 0.15) is 19.4 Å². The van der Waals surface area contributed by atoms with Gasteiger partial charge in [0.25, 0.3) is 0 Å². The summed E-state index contributed by atoms with van der Waals surface area (Å²) in [5, 5.41) is 12.1. The van der Waals surface area contributed by atoms with Crippen LogP contribution in [-0.4, -0.2) is 41.5 Å². The molecule has 1 aromatic rings. The lowest BCUT2D eigenvalue weighted by molar-refractivity contribution is -0.138. The molecular weight excluding hydrogens is 292 g/mol. The Hall–Kier alpha value is -1.59. The number of carboxylic acid groups (broad SMARTS) is 1. The number of nitrogens with one attached hydrogen (secondary N) is 1. The van der Waals surface area contributed by atoms with Crippen LogP contribution in [0.5, 0.6) is 0 Å². The average molecular weight is 313 g/mol. The van der Waals surface area contributed by atoms with Gasteiger partial charge in [-0.15, -0.1) is 0 Å². The third-order valence-corrected chi connectivity index (χ3v) is 3.06. The molecule has 0 atom stereocenters. The van der Waals surface area contributed by atoms with E-state index < -0.39 is 5.97 Å². The van der Waals surface area contributed by atoms with Crippen LogP contribution < -0.4 is 5.32 Å². The highest BCUT2D eigenvalue weighted by Crippen LogP contribution is 2.22. The van der Waals surface area contributed by atoms with Gasteiger partial charge < -0.3 is 10.4 Å². The molecule has 0 unspecified atom stereocenters. The zero-order valence-electron chi connectivity index (χ0n) is 12.5. The number of halogens is 1. The fourth-order valence-electron chi connectivity index (χ4n) is 2.01. The van der Waals surface area contributed by atoms with Crippen LogP contribution >= 0.6 is 11.6 Å². The van der Waals surface area contributed by atoms with Crippen LogP contribution in [0, 0.1) is 12.8 Å². The molecule has 1 amide bonds. The third-order valence-electron chi connectivity index (χ3n) is 2.75. The van der Waals surface area contributed by atoms with Crippen molar-refractivity contribution in [1.82, 2.24) is 4.90 Å². The molecule has 21 heavy (non-hydrogen) atoms. The number of hydrogen-bond donors (Lipinski definition) is 2. The molecule has 0 fully saturated rings. The van der Waals surface area contributed by atoms with Gasteiger partial charge in [-0.05, 0) is 30.5 Å². The van der Waals surface area contributed by atoms with Crippen molar-refractivity contribution in [1.29, 1.82) is 0 Å². The van der Waals surface area contributed by atoms with Gasteiger partial charge in [0.15, 0.2) is 0 Å². The first-order valence-electron chi connectivity index (χ1n) is 6.78. The lowest BCUT2D eigenvalue weighted by atomic mass is 10.2. The summed E-state index contributed by atoms with van der Waals surface area (Å²) in [5.41, 5.74) is 1.54. The maximum absolute atomic E-state index is 12.0. The van der Waals surface area contributed by atoms with Crippen LogP contribution in [0.15, 0.2) is 18.2 Å². The van der Waals surface area contributed by atoms with Gasteiger partial charge in [-0.25, -0.2) is 0 Å². The normalized spacial score (nSPS) is 11.0. The summed E-state index contributed by atoms with van der Waals surface area (Å²) in [6.07, 6.45) is 0. The lowest BCUT2D eigenvalue weighted by Gasteiger charge is -2.21. The molecule has 0 spiro atoms. The minimum Gasteiger partial charge on any atom is -0.480 e. The van der Waals surface area contributed by atoms with Crippen LogP contribution in [0.25, 0.3) is 0 Å². The molecule has 116 valence electrons. The number of carboxylic acids is 1. The summed E-state index contributed by atoms with van der Waals surface area (Å²) in [7, 11) is 0. The Labute approximate surface area is 129 Å². The lowest BCUT2D eigenvalue weighted by Crippen LogP contribution is -2.39. The molecule has 0 heterocycles. The molecule has 0 radical (unpaired) electrons. The largest absolute Gasteiger partial charge is 0.480 e. The van der Waals surface area contributed by atoms with E-state index in [1.807, 2.05) is 26.8 Å². The molecule has 0 saturated carbocycles. The zero-order valence-corrected chi connectivity index (χ0v) is 13.3. The van der Waals surface area contributed by atoms with Gasteiger partial charge in [-0.3, -0.25) is 14.5 Å². The van der Waals surface area contributed by atoms with E-state index in [0.29, 0.717) is 17.3 Å². The highest BCUT2D eigenvalue weighted by molar-refractivity contribution is 6.33. The van der Waals surface area contributed by atoms with Crippen molar-refractivity contribution in [3.63, 3.8) is 0 Å². The Morgan fingerprint density at radius 3 is 2.52 bits per heavy atom. The number of benzene rings is 1. The number of hydrogen-bond acceptors (Lipinski definition) is 3. The summed E-state index contributed by atoms with van der Waals surface area (Å²) >= 11 is 6.06. The molecule has 0 aliphatic heterocycles. The van der Waals surface area contributed by atoms with Crippen molar-refractivity contribution < 1.29 is 14.7 Å². The topological polar surface area (TPSA) is 69.6 Å². The minimum absolute atomic E-state index is 0.0225. The predicted octanol–water partition coefficient (Wildman–Crippen LogP) is 2.63. The number of aliphatic carboxylic acids is 1. The number of carbonyl (C=O) groups is 2. The van der Waals surface area contributed by atoms with Gasteiger partial charge in [0.2, 0.25) is 5.91 Å². The summed E-state index contributed by atoms with van der Waals surface area (Å²) in [6, 6.07) is 5.35. The van der Waals surface area contributed by atoms with E-state index in [9.17, 15) is 9.59 Å². The van der Waals surface area contributed by atoms with Crippen molar-refractivity contribution in [2.75, 3.05) is 25.0 Å². The second-order valence-corrected chi connectivity index (χ2v) is 5.90. The molecule has 2 N–H and O–H groups in total. The van der Waals surface area contributed by atoms with E-state index in [0.717, 1.165) is 5.56 Å². The maximum Gasteiger partial charge on any atom is 0.317 e. The quantitative estimate of drug-likeness (QED) is 0.812. The molecule has 1 aromatic carbocycles. The average Bonchev–Trinajstić information content (AvgIpc) is 2.30. The van der Waals surface area contributed by atoms with Crippen LogP contribution in [0.4, 0.5) is 5.69 Å². The molecular formula is C15H21ClN2O3. The van der Waals surface area contributed by atoms with Gasteiger partial charge in [-0.1, -0.05) is 31.5 Å². The molecule has 0 aromatic heterocycles. The summed E-state index contributed by atoms with van der Waals surface area (Å²) in [5.74, 6) is -0.945. The monoisotopic (exact) mass is 312 g/mol. The van der Waals surface area contributed by atoms with Crippen LogP contribution in [-0.2, 0) is 9.59 Å². The smallest absolute Gasteiger partial charge is 0.317 e. The number of rotatable bonds is 7. The Morgan fingerprint density at radius 2 is 2.00 bits per heavy atom. The summed E-state index contributed by atoms with van der Waals surface area (Å²) in [6.45, 7) is 6.27. The first kappa shape index (κ1) is 17.5. The number of anilines is 1. The first-order chi connectivity index (χ1) is 9.77. The summed E-state index contributed by atoms with van der Waals surface area (Å²) < 4.78 is 0. The van der Waals surface area contributed by atoms with Gasteiger partial charge in [-0.2, -0.15) is 0 Å². The van der Waals surface area contributed by atoms with Gasteiger partial charge in [0.1, 0.15) is 0 Å². The van der Waals surface area contributed by atoms with Crippen molar-refractivity contribution in [3.05, 3.63) is 28.8 Å². The molecule has 0 bridgehead atoms. The van der Waals surface area contributed by atoms with Gasteiger partial charge >= 0.3 is 5.97 Å². The van der Waals surface area contributed by atoms with Crippen molar-refractivity contribution >= 4 is 29.2 Å². The number of carbonyl (C=O) groups excluding carboxylic acids is 1. The second kappa shape index (κ2) is 8.00. The highest BCUT2D eigenvalue weighted by Gasteiger charge is 2.16. The molecule has 0 aliphatic rings. The fraction of sp³-hybridized carbons (Fsp3) is 0.467. The predicted molar refractivity (Wildman–Crippen MR) is 83.7 cm³/mol. The van der Waals surface area contributed by atoms with E-state index in [1.54, 1.807) is 17.0 Å². The molecule has 1 rings (SSSR count). The van der Waals surface area contributed by atoms with E-state index in [4.69, 9.17) is 16.7 Å². The summed E-state index contributed by atoms with van der Waals surface area (Å²) in [4.78, 5) is 24.4. The van der Waals surface area contributed by atoms with Crippen molar-refractivity contribution in [2.45, 2.75) is 20.8 Å². The van der Waals surface area contributed by atoms with E-state index in [1.165, 1.54) is 0 Å². The minimum atomic E-state index is -0.947. The van der Waals surface area contributed by atoms with E-state index in [-0.39, 0.29) is 24.9 Å². The third kappa shape index (κ3) is 6.60. The van der Waals surface area contributed by atoms with Crippen molar-refractivity contribution in [3.8, 4) is 0 Å². The van der Waals surface area contributed by atoms with E-state index in [2.05, 4.69) is 5.32 Å².